The second-order valence-electron chi connectivity index (χ2n) is 6.96. The number of aromatic carboxylic acids is 1. The molecule has 0 atom stereocenters. The van der Waals surface area contributed by atoms with Crippen LogP contribution in [0.3, 0.4) is 0 Å². The van der Waals surface area contributed by atoms with E-state index >= 15 is 0 Å². The van der Waals surface area contributed by atoms with Crippen molar-refractivity contribution in [3.63, 3.8) is 0 Å². The number of benzene rings is 1. The molecule has 1 aromatic carbocycles. The first-order chi connectivity index (χ1) is 14.3. The number of carbonyl (C=O) groups excluding carboxylic acids is 1. The average Bonchev–Trinajstić information content (AvgIpc) is 2.72. The second-order valence-corrected chi connectivity index (χ2v) is 6.96. The van der Waals surface area contributed by atoms with E-state index in [2.05, 4.69) is 21.5 Å². The maximum atomic E-state index is 14.8. The summed E-state index contributed by atoms with van der Waals surface area (Å²) in [5.41, 5.74) is 0.250. The van der Waals surface area contributed by atoms with E-state index in [4.69, 9.17) is 5.11 Å². The van der Waals surface area contributed by atoms with Crippen LogP contribution in [-0.2, 0) is 11.3 Å². The van der Waals surface area contributed by atoms with Crippen molar-refractivity contribution in [2.24, 2.45) is 9.98 Å². The molecule has 2 aliphatic heterocycles. The Labute approximate surface area is 169 Å². The van der Waals surface area contributed by atoms with Crippen LogP contribution >= 0.6 is 0 Å². The number of nitrogens with zero attached hydrogens (tertiary/aromatic N) is 5. The van der Waals surface area contributed by atoms with Gasteiger partial charge in [0.15, 0.2) is 11.5 Å². The predicted molar refractivity (Wildman–Crippen MR) is 102 cm³/mol. The van der Waals surface area contributed by atoms with Gasteiger partial charge in [0, 0.05) is 38.3 Å². The first-order valence-corrected chi connectivity index (χ1v) is 9.18. The maximum absolute atomic E-state index is 14.8. The minimum atomic E-state index is -1.29. The molecule has 1 amide bonds. The summed E-state index contributed by atoms with van der Waals surface area (Å²) in [6.45, 7) is 5.79. The lowest BCUT2D eigenvalue weighted by molar-refractivity contribution is -0.114. The van der Waals surface area contributed by atoms with Gasteiger partial charge in [0.1, 0.15) is 11.1 Å². The summed E-state index contributed by atoms with van der Waals surface area (Å²) in [5, 5.41) is 9.10. The van der Waals surface area contributed by atoms with Gasteiger partial charge >= 0.3 is 5.97 Å². The number of pyridine rings is 1. The lowest BCUT2D eigenvalue weighted by Gasteiger charge is -2.36. The van der Waals surface area contributed by atoms with Crippen LogP contribution in [0.1, 0.15) is 16.1 Å². The smallest absolute Gasteiger partial charge is 0.354 e. The number of hydrogen-bond acceptors (Lipinski definition) is 6. The number of fused-ring (bicyclic) bond motifs is 1. The first kappa shape index (κ1) is 19.8. The number of anilines is 1. The lowest BCUT2D eigenvalue weighted by atomic mass is 10.1. The summed E-state index contributed by atoms with van der Waals surface area (Å²) in [4.78, 5) is 37.5. The molecule has 0 saturated carbocycles. The van der Waals surface area contributed by atoms with Crippen molar-refractivity contribution in [1.29, 1.82) is 0 Å². The van der Waals surface area contributed by atoms with Crippen molar-refractivity contribution < 1.29 is 23.5 Å². The Hall–Kier alpha value is -3.53. The van der Waals surface area contributed by atoms with Crippen LogP contribution in [0.2, 0.25) is 0 Å². The van der Waals surface area contributed by atoms with E-state index in [0.717, 1.165) is 0 Å². The zero-order valence-corrected chi connectivity index (χ0v) is 15.8. The molecule has 0 radical (unpaired) electrons. The van der Waals surface area contributed by atoms with E-state index in [1.54, 1.807) is 17.0 Å². The quantitative estimate of drug-likeness (QED) is 0.585. The molecule has 0 bridgehead atoms. The molecule has 154 valence electrons. The van der Waals surface area contributed by atoms with Crippen LogP contribution in [0, 0.1) is 11.8 Å². The molecule has 10 heteroatoms. The summed E-state index contributed by atoms with van der Waals surface area (Å²) < 4.78 is 29.0. The Bertz CT molecular complexity index is 1190. The van der Waals surface area contributed by atoms with Crippen molar-refractivity contribution >= 4 is 17.6 Å². The molecule has 8 nitrogen and oxygen atoms in total. The van der Waals surface area contributed by atoms with E-state index in [1.165, 1.54) is 12.1 Å². The van der Waals surface area contributed by atoms with Crippen LogP contribution in [0.5, 0.6) is 0 Å². The number of carbonyl (C=O) groups is 2. The fourth-order valence-electron chi connectivity index (χ4n) is 3.44. The highest BCUT2D eigenvalue weighted by Gasteiger charge is 2.23. The molecule has 30 heavy (non-hydrogen) atoms. The van der Waals surface area contributed by atoms with Gasteiger partial charge in [-0.15, -0.1) is 0 Å². The molecule has 1 fully saturated rings. The normalized spacial score (nSPS) is 16.7. The number of carboxylic acids is 1. The molecule has 4 rings (SSSR count). The van der Waals surface area contributed by atoms with Gasteiger partial charge in [-0.1, -0.05) is 12.6 Å². The number of aromatic nitrogens is 1. The van der Waals surface area contributed by atoms with E-state index in [0.29, 0.717) is 38.3 Å². The largest absolute Gasteiger partial charge is 0.477 e. The van der Waals surface area contributed by atoms with Gasteiger partial charge in [-0.3, -0.25) is 9.69 Å². The first-order valence-electron chi connectivity index (χ1n) is 9.18. The zero-order chi connectivity index (χ0) is 21.4. The van der Waals surface area contributed by atoms with Crippen molar-refractivity contribution in [2.45, 2.75) is 6.54 Å². The summed E-state index contributed by atoms with van der Waals surface area (Å²) in [6, 6.07) is 5.88. The summed E-state index contributed by atoms with van der Waals surface area (Å²) in [5.74, 6) is -3.36. The highest BCUT2D eigenvalue weighted by atomic mass is 19.1. The number of carboxylic acid groups (broad SMARTS) is 1. The lowest BCUT2D eigenvalue weighted by Crippen LogP contribution is -2.46. The molecule has 1 saturated heterocycles. The fraction of sp³-hybridized carbons (Fsp3) is 0.250. The minimum Gasteiger partial charge on any atom is -0.477 e. The zero-order valence-electron chi connectivity index (χ0n) is 15.8. The molecule has 0 unspecified atom stereocenters. The highest BCUT2D eigenvalue weighted by molar-refractivity contribution is 5.93. The number of amides is 1. The van der Waals surface area contributed by atoms with Crippen molar-refractivity contribution in [2.75, 3.05) is 31.1 Å². The summed E-state index contributed by atoms with van der Waals surface area (Å²) >= 11 is 0. The fourth-order valence-corrected chi connectivity index (χ4v) is 3.44. The van der Waals surface area contributed by atoms with Gasteiger partial charge < -0.3 is 10.0 Å². The highest BCUT2D eigenvalue weighted by Crippen LogP contribution is 2.20. The van der Waals surface area contributed by atoms with Gasteiger partial charge in [0.25, 0.3) is 5.91 Å². The van der Waals surface area contributed by atoms with Crippen molar-refractivity contribution in [3.8, 4) is 0 Å². The standard InChI is InChI=1S/C20H17F2N5O3/c1-11-19(28)25-17-13(23-11)3-2-12(16(17)21)10-26-6-8-27(9-7-26)15-5-4-14(20(29)30)24-18(15)22/h2-5H,1,6-10H2,(H,29,30). The Morgan fingerprint density at radius 2 is 1.83 bits per heavy atom. The molecule has 1 aromatic heterocycles. The van der Waals surface area contributed by atoms with Gasteiger partial charge in [-0.25, -0.2) is 24.2 Å². The Morgan fingerprint density at radius 3 is 2.50 bits per heavy atom. The molecule has 1 N–H and O–H groups in total. The monoisotopic (exact) mass is 413 g/mol. The Kier molecular flexibility index (Phi) is 5.08. The number of piperazine rings is 1. The number of hydrogen-bond donors (Lipinski definition) is 1. The molecule has 0 spiro atoms. The van der Waals surface area contributed by atoms with E-state index in [1.807, 2.05) is 4.90 Å². The van der Waals surface area contributed by atoms with Crippen molar-refractivity contribution in [1.82, 2.24) is 9.88 Å². The van der Waals surface area contributed by atoms with E-state index in [9.17, 15) is 18.4 Å². The summed E-state index contributed by atoms with van der Waals surface area (Å²) in [7, 11) is 0. The minimum absolute atomic E-state index is 0.0242. The third-order valence-corrected chi connectivity index (χ3v) is 5.05. The van der Waals surface area contributed by atoms with Crippen LogP contribution in [0.25, 0.3) is 0 Å². The number of halogens is 2. The van der Waals surface area contributed by atoms with Gasteiger partial charge in [0.05, 0.1) is 11.0 Å². The topological polar surface area (TPSA) is 98.5 Å². The maximum Gasteiger partial charge on any atom is 0.354 e. The Balaban J connectivity index is 1.46. The van der Waals surface area contributed by atoms with Crippen LogP contribution in [0.15, 0.2) is 46.5 Å². The Morgan fingerprint density at radius 1 is 1.10 bits per heavy atom. The molecule has 0 aliphatic carbocycles. The van der Waals surface area contributed by atoms with Gasteiger partial charge in [0.2, 0.25) is 5.95 Å². The predicted octanol–water partition coefficient (Wildman–Crippen LogP) is 0.673. The van der Waals surface area contributed by atoms with E-state index in [-0.39, 0.29) is 27.8 Å². The van der Waals surface area contributed by atoms with Gasteiger partial charge in [-0.2, -0.15) is 4.39 Å². The summed E-state index contributed by atoms with van der Waals surface area (Å²) in [6.07, 6.45) is 0. The van der Waals surface area contributed by atoms with Crippen LogP contribution in [-0.4, -0.2) is 53.0 Å². The second kappa shape index (κ2) is 7.71. The van der Waals surface area contributed by atoms with E-state index < -0.39 is 23.6 Å². The molecular formula is C20H17F2N5O3. The number of rotatable bonds is 4. The van der Waals surface area contributed by atoms with Gasteiger partial charge in [-0.05, 0) is 18.2 Å². The van der Waals surface area contributed by atoms with Crippen LogP contribution in [0.4, 0.5) is 14.5 Å². The SMILES string of the molecule is C=C1N=c2ccc(CN3CCN(c4ccc(C(=O)O)nc4F)CC3)c(F)c2=NC1=O. The molecule has 2 aromatic rings. The average molecular weight is 413 g/mol. The molecule has 3 heterocycles. The molecular weight excluding hydrogens is 396 g/mol. The van der Waals surface area contributed by atoms with Crippen LogP contribution < -0.4 is 15.6 Å². The van der Waals surface area contributed by atoms with Crippen molar-refractivity contribution in [3.05, 3.63) is 70.3 Å². The molecule has 2 aliphatic rings. The third kappa shape index (κ3) is 3.69. The third-order valence-electron chi connectivity index (χ3n) is 5.05.